The van der Waals surface area contributed by atoms with Crippen molar-refractivity contribution in [1.82, 2.24) is 5.32 Å². The quantitative estimate of drug-likeness (QED) is 0.314. The van der Waals surface area contributed by atoms with E-state index in [-0.39, 0.29) is 18.4 Å². The van der Waals surface area contributed by atoms with Crippen molar-refractivity contribution >= 4 is 40.5 Å². The Labute approximate surface area is 164 Å². The van der Waals surface area contributed by atoms with Gasteiger partial charge in [0.15, 0.2) is 5.12 Å². The first-order valence-corrected chi connectivity index (χ1v) is 9.81. The van der Waals surface area contributed by atoms with E-state index in [0.717, 1.165) is 0 Å². The number of esters is 2. The molecule has 8 nitrogen and oxygen atoms in total. The molecule has 0 heterocycles. The fourth-order valence-corrected chi connectivity index (χ4v) is 2.83. The van der Waals surface area contributed by atoms with Crippen molar-refractivity contribution in [2.24, 2.45) is 5.92 Å². The van der Waals surface area contributed by atoms with Crippen LogP contribution < -0.4 is 5.32 Å². The van der Waals surface area contributed by atoms with Crippen LogP contribution in [-0.2, 0) is 33.4 Å². The zero-order valence-corrected chi connectivity index (χ0v) is 17.5. The normalized spacial score (nSPS) is 14.0. The van der Waals surface area contributed by atoms with Crippen LogP contribution in [0, 0.1) is 5.92 Å². The lowest BCUT2D eigenvalue weighted by molar-refractivity contribution is -0.157. The lowest BCUT2D eigenvalue weighted by Crippen LogP contribution is -2.49. The van der Waals surface area contributed by atoms with Gasteiger partial charge in [-0.1, -0.05) is 32.5 Å². The Morgan fingerprint density at radius 1 is 1.00 bits per heavy atom. The summed E-state index contributed by atoms with van der Waals surface area (Å²) < 4.78 is 9.71. The van der Waals surface area contributed by atoms with E-state index in [1.54, 1.807) is 34.6 Å². The molecule has 0 fully saturated rings. The SMILES string of the molecule is CCOC(=O)C(NC(=O)C(C)CC)C(C)SC(=O)CC(=O)C(=O)OC(C)C. The van der Waals surface area contributed by atoms with Crippen LogP contribution in [-0.4, -0.2) is 52.7 Å². The molecular formula is C18H29NO7S. The van der Waals surface area contributed by atoms with Crippen molar-refractivity contribution in [1.29, 1.82) is 0 Å². The predicted molar refractivity (Wildman–Crippen MR) is 101 cm³/mol. The lowest BCUT2D eigenvalue weighted by atomic mass is 10.1. The summed E-state index contributed by atoms with van der Waals surface area (Å²) in [5, 5.41) is 1.32. The predicted octanol–water partition coefficient (Wildman–Crippen LogP) is 1.64. The number of nitrogens with one attached hydrogen (secondary N) is 1. The number of hydrogen-bond acceptors (Lipinski definition) is 8. The van der Waals surface area contributed by atoms with E-state index in [0.29, 0.717) is 18.2 Å². The standard InChI is InChI=1S/C18H29NO7S/c1-7-11(5)16(22)19-15(18(24)25-8-2)12(6)27-14(21)9-13(20)17(23)26-10(3)4/h10-12,15H,7-9H2,1-6H3,(H,19,22). The number of hydrogen-bond donors (Lipinski definition) is 1. The van der Waals surface area contributed by atoms with E-state index in [1.807, 2.05) is 6.92 Å². The second-order valence-corrected chi connectivity index (χ2v) is 7.73. The molecule has 3 unspecified atom stereocenters. The summed E-state index contributed by atoms with van der Waals surface area (Å²) in [5.74, 6) is -3.31. The van der Waals surface area contributed by atoms with Crippen LogP contribution in [0.15, 0.2) is 0 Å². The molecule has 0 bridgehead atoms. The highest BCUT2D eigenvalue weighted by molar-refractivity contribution is 8.14. The molecule has 0 aliphatic heterocycles. The van der Waals surface area contributed by atoms with Crippen molar-refractivity contribution in [2.75, 3.05) is 6.61 Å². The molecule has 0 aromatic rings. The minimum Gasteiger partial charge on any atom is -0.464 e. The number of carbonyl (C=O) groups excluding carboxylic acids is 5. The Morgan fingerprint density at radius 2 is 1.59 bits per heavy atom. The molecule has 0 aliphatic carbocycles. The minimum atomic E-state index is -1.07. The molecule has 0 aromatic heterocycles. The van der Waals surface area contributed by atoms with Crippen LogP contribution in [0.3, 0.4) is 0 Å². The van der Waals surface area contributed by atoms with Gasteiger partial charge in [0, 0.05) is 11.2 Å². The number of thioether (sulfide) groups is 1. The molecular weight excluding hydrogens is 374 g/mol. The van der Waals surface area contributed by atoms with Crippen LogP contribution in [0.2, 0.25) is 0 Å². The van der Waals surface area contributed by atoms with Crippen molar-refractivity contribution < 1.29 is 33.4 Å². The Kier molecular flexibility index (Phi) is 11.6. The second-order valence-electron chi connectivity index (χ2n) is 6.30. The zero-order valence-electron chi connectivity index (χ0n) is 16.7. The van der Waals surface area contributed by atoms with Gasteiger partial charge in [0.05, 0.1) is 19.1 Å². The van der Waals surface area contributed by atoms with Crippen LogP contribution in [0.1, 0.15) is 54.4 Å². The van der Waals surface area contributed by atoms with Crippen molar-refractivity contribution in [3.63, 3.8) is 0 Å². The molecule has 1 N–H and O–H groups in total. The second kappa shape index (κ2) is 12.5. The summed E-state index contributed by atoms with van der Waals surface area (Å²) in [6.07, 6.45) is -0.518. The van der Waals surface area contributed by atoms with Crippen LogP contribution in [0.5, 0.6) is 0 Å². The first-order valence-electron chi connectivity index (χ1n) is 8.93. The molecule has 3 atom stereocenters. The molecule has 154 valence electrons. The molecule has 9 heteroatoms. The number of carbonyl (C=O) groups is 5. The fraction of sp³-hybridized carbons (Fsp3) is 0.722. The Bertz CT molecular complexity index is 562. The van der Waals surface area contributed by atoms with Gasteiger partial charge in [0.25, 0.3) is 0 Å². The molecule has 0 radical (unpaired) electrons. The minimum absolute atomic E-state index is 0.124. The zero-order chi connectivity index (χ0) is 21.1. The summed E-state index contributed by atoms with van der Waals surface area (Å²) in [7, 11) is 0. The Balaban J connectivity index is 4.96. The Hall–Kier alpha value is -1.90. The summed E-state index contributed by atoms with van der Waals surface area (Å²) in [6.45, 7) is 10.1. The molecule has 0 rings (SSSR count). The molecule has 0 saturated carbocycles. The van der Waals surface area contributed by atoms with Gasteiger partial charge in [0.2, 0.25) is 11.7 Å². The third-order valence-corrected chi connectivity index (χ3v) is 4.61. The van der Waals surface area contributed by atoms with E-state index in [4.69, 9.17) is 9.47 Å². The number of Topliss-reactive ketones (excluding diaryl/α,β-unsaturated/α-hetero) is 1. The maximum Gasteiger partial charge on any atom is 0.375 e. The number of ketones is 1. The molecule has 1 amide bonds. The van der Waals surface area contributed by atoms with E-state index < -0.39 is 46.7 Å². The van der Waals surface area contributed by atoms with Gasteiger partial charge in [-0.2, -0.15) is 0 Å². The van der Waals surface area contributed by atoms with Crippen molar-refractivity contribution in [3.05, 3.63) is 0 Å². The molecule has 27 heavy (non-hydrogen) atoms. The monoisotopic (exact) mass is 403 g/mol. The smallest absolute Gasteiger partial charge is 0.375 e. The maximum absolute atomic E-state index is 12.2. The number of rotatable bonds is 11. The topological polar surface area (TPSA) is 116 Å². The summed E-state index contributed by atoms with van der Waals surface area (Å²) >= 11 is 0.705. The average Bonchev–Trinajstić information content (AvgIpc) is 2.57. The molecule has 0 spiro atoms. The van der Waals surface area contributed by atoms with E-state index >= 15 is 0 Å². The summed E-state index contributed by atoms with van der Waals surface area (Å²) in [4.78, 5) is 59.6. The Morgan fingerprint density at radius 3 is 2.07 bits per heavy atom. The largest absolute Gasteiger partial charge is 0.464 e. The van der Waals surface area contributed by atoms with Crippen LogP contribution >= 0.6 is 11.8 Å². The van der Waals surface area contributed by atoms with Crippen molar-refractivity contribution in [3.8, 4) is 0 Å². The van der Waals surface area contributed by atoms with E-state index in [9.17, 15) is 24.0 Å². The molecule has 0 aliphatic rings. The highest BCUT2D eigenvalue weighted by atomic mass is 32.2. The average molecular weight is 403 g/mol. The summed E-state index contributed by atoms with van der Waals surface area (Å²) in [6, 6.07) is -1.04. The van der Waals surface area contributed by atoms with Gasteiger partial charge in [0.1, 0.15) is 6.04 Å². The van der Waals surface area contributed by atoms with E-state index in [2.05, 4.69) is 5.32 Å². The highest BCUT2D eigenvalue weighted by Crippen LogP contribution is 2.19. The fourth-order valence-electron chi connectivity index (χ4n) is 1.88. The number of ether oxygens (including phenoxy) is 2. The van der Waals surface area contributed by atoms with Crippen LogP contribution in [0.4, 0.5) is 0 Å². The van der Waals surface area contributed by atoms with Gasteiger partial charge in [-0.25, -0.2) is 9.59 Å². The van der Waals surface area contributed by atoms with Crippen LogP contribution in [0.25, 0.3) is 0 Å². The maximum atomic E-state index is 12.2. The van der Waals surface area contributed by atoms with Crippen molar-refractivity contribution in [2.45, 2.75) is 71.8 Å². The number of amides is 1. The molecule has 0 saturated heterocycles. The van der Waals surface area contributed by atoms with Gasteiger partial charge in [-0.05, 0) is 27.2 Å². The first kappa shape index (κ1) is 25.1. The first-order chi connectivity index (χ1) is 12.5. The highest BCUT2D eigenvalue weighted by Gasteiger charge is 2.32. The van der Waals surface area contributed by atoms with Gasteiger partial charge >= 0.3 is 11.9 Å². The van der Waals surface area contributed by atoms with Gasteiger partial charge in [-0.15, -0.1) is 0 Å². The van der Waals surface area contributed by atoms with E-state index in [1.165, 1.54) is 0 Å². The molecule has 0 aromatic carbocycles. The van der Waals surface area contributed by atoms with Gasteiger partial charge < -0.3 is 14.8 Å². The third-order valence-electron chi connectivity index (χ3n) is 3.56. The third kappa shape index (κ3) is 9.55. The lowest BCUT2D eigenvalue weighted by Gasteiger charge is -2.23. The van der Waals surface area contributed by atoms with Gasteiger partial charge in [-0.3, -0.25) is 14.4 Å². The summed E-state index contributed by atoms with van der Waals surface area (Å²) in [5.41, 5.74) is 0.